The van der Waals surface area contributed by atoms with Gasteiger partial charge >= 0.3 is 11.9 Å². The van der Waals surface area contributed by atoms with Crippen molar-refractivity contribution in [2.45, 2.75) is 40.0 Å². The van der Waals surface area contributed by atoms with Crippen LogP contribution in [0.4, 0.5) is 0 Å². The lowest BCUT2D eigenvalue weighted by Crippen LogP contribution is -2.39. The van der Waals surface area contributed by atoms with Crippen molar-refractivity contribution in [1.29, 1.82) is 0 Å². The summed E-state index contributed by atoms with van der Waals surface area (Å²) in [5.41, 5.74) is 5.52. The van der Waals surface area contributed by atoms with Crippen LogP contribution in [0.2, 0.25) is 0 Å². The van der Waals surface area contributed by atoms with E-state index in [1.165, 1.54) is 13.8 Å². The van der Waals surface area contributed by atoms with Gasteiger partial charge in [0.05, 0.1) is 0 Å². The third-order valence-corrected chi connectivity index (χ3v) is 1.60. The normalized spacial score (nSPS) is 14.7. The summed E-state index contributed by atoms with van der Waals surface area (Å²) < 4.78 is 9.39. The van der Waals surface area contributed by atoms with Gasteiger partial charge in [-0.2, -0.15) is 0 Å². The number of nitrogens with two attached hydrogens (primary N) is 1. The Hall–Kier alpha value is -1.10. The number of carbonyl (C=O) groups excluding carboxylic acids is 2. The van der Waals surface area contributed by atoms with Gasteiger partial charge in [-0.3, -0.25) is 9.59 Å². The molecule has 0 fully saturated rings. The molecule has 5 nitrogen and oxygen atoms in total. The maximum absolute atomic E-state index is 11.2. The monoisotopic (exact) mass is 203 g/mol. The summed E-state index contributed by atoms with van der Waals surface area (Å²) in [5.74, 6) is -1.07. The van der Waals surface area contributed by atoms with Crippen molar-refractivity contribution in [3.63, 3.8) is 0 Å². The molecule has 0 aliphatic rings. The lowest BCUT2D eigenvalue weighted by molar-refractivity contribution is -0.184. The fourth-order valence-electron chi connectivity index (χ4n) is 0.772. The molecule has 0 amide bonds. The Bertz CT molecular complexity index is 215. The van der Waals surface area contributed by atoms with Crippen LogP contribution in [-0.4, -0.2) is 24.3 Å². The highest BCUT2D eigenvalue weighted by molar-refractivity contribution is 5.76. The minimum absolute atomic E-state index is 0.00738. The second-order valence-electron chi connectivity index (χ2n) is 3.38. The Morgan fingerprint density at radius 3 is 2.00 bits per heavy atom. The van der Waals surface area contributed by atoms with Crippen LogP contribution < -0.4 is 5.73 Å². The second-order valence-corrected chi connectivity index (χ2v) is 3.38. The van der Waals surface area contributed by atoms with E-state index >= 15 is 0 Å². The first kappa shape index (κ1) is 12.9. The maximum atomic E-state index is 11.2. The molecule has 0 aliphatic heterocycles. The van der Waals surface area contributed by atoms with Crippen LogP contribution in [0.5, 0.6) is 0 Å². The number of rotatable bonds is 4. The average molecular weight is 203 g/mol. The smallest absolute Gasteiger partial charge is 0.326 e. The van der Waals surface area contributed by atoms with Gasteiger partial charge in [0.15, 0.2) is 0 Å². The van der Waals surface area contributed by atoms with E-state index in [2.05, 4.69) is 4.74 Å². The average Bonchev–Trinajstić information content (AvgIpc) is 2.00. The summed E-state index contributed by atoms with van der Waals surface area (Å²) in [5, 5.41) is 0. The van der Waals surface area contributed by atoms with Gasteiger partial charge in [0.1, 0.15) is 6.04 Å². The molecule has 0 saturated carbocycles. The minimum Gasteiger partial charge on any atom is -0.426 e. The molecule has 0 aromatic heterocycles. The van der Waals surface area contributed by atoms with E-state index in [-0.39, 0.29) is 5.92 Å². The summed E-state index contributed by atoms with van der Waals surface area (Å²) in [6.45, 7) is 6.32. The lowest BCUT2D eigenvalue weighted by Gasteiger charge is -2.18. The molecule has 2 unspecified atom stereocenters. The van der Waals surface area contributed by atoms with Crippen LogP contribution >= 0.6 is 0 Å². The molecule has 0 heterocycles. The molecular weight excluding hydrogens is 186 g/mol. The van der Waals surface area contributed by atoms with E-state index in [0.717, 1.165) is 0 Å². The number of carbonyl (C=O) groups is 2. The van der Waals surface area contributed by atoms with E-state index < -0.39 is 24.3 Å². The van der Waals surface area contributed by atoms with Crippen LogP contribution in [-0.2, 0) is 19.1 Å². The van der Waals surface area contributed by atoms with Gasteiger partial charge in [0, 0.05) is 13.8 Å². The van der Waals surface area contributed by atoms with Crippen LogP contribution in [0.15, 0.2) is 0 Å². The second kappa shape index (κ2) is 5.59. The molecule has 2 atom stereocenters. The number of hydrogen-bond acceptors (Lipinski definition) is 5. The molecule has 0 radical (unpaired) electrons. The number of ether oxygens (including phenoxy) is 2. The van der Waals surface area contributed by atoms with Gasteiger partial charge in [-0.05, 0) is 5.92 Å². The van der Waals surface area contributed by atoms with Crippen molar-refractivity contribution >= 4 is 11.9 Å². The van der Waals surface area contributed by atoms with Gasteiger partial charge in [-0.1, -0.05) is 13.8 Å². The van der Waals surface area contributed by atoms with Gasteiger partial charge in [0.25, 0.3) is 0 Å². The quantitative estimate of drug-likeness (QED) is 0.529. The standard InChI is InChI=1S/C9H17NO4/c1-5(2)8(10)9(12)14-7(4)13-6(3)11/h5,7-8H,10H2,1-4H3. The zero-order valence-electron chi connectivity index (χ0n) is 8.94. The summed E-state index contributed by atoms with van der Waals surface area (Å²) in [6, 6.07) is -0.687. The SMILES string of the molecule is CC(=O)OC(C)OC(=O)C(N)C(C)C. The Balaban J connectivity index is 3.99. The molecule has 0 aliphatic carbocycles. The molecule has 2 N–H and O–H groups in total. The topological polar surface area (TPSA) is 78.6 Å². The summed E-state index contributed by atoms with van der Waals surface area (Å²) >= 11 is 0. The molecular formula is C9H17NO4. The number of esters is 2. The highest BCUT2D eigenvalue weighted by atomic mass is 16.7. The Morgan fingerprint density at radius 1 is 1.14 bits per heavy atom. The molecule has 82 valence electrons. The van der Waals surface area contributed by atoms with Gasteiger partial charge in [0.2, 0.25) is 6.29 Å². The van der Waals surface area contributed by atoms with Crippen molar-refractivity contribution in [1.82, 2.24) is 0 Å². The predicted octanol–water partition coefficient (Wildman–Crippen LogP) is 0.422. The van der Waals surface area contributed by atoms with Crippen molar-refractivity contribution < 1.29 is 19.1 Å². The molecule has 0 saturated heterocycles. The highest BCUT2D eigenvalue weighted by Gasteiger charge is 2.21. The molecule has 0 spiro atoms. The van der Waals surface area contributed by atoms with Gasteiger partial charge in [-0.15, -0.1) is 0 Å². The zero-order valence-corrected chi connectivity index (χ0v) is 8.94. The minimum atomic E-state index is -0.884. The fraction of sp³-hybridized carbons (Fsp3) is 0.778. The highest BCUT2D eigenvalue weighted by Crippen LogP contribution is 2.03. The Kier molecular flexibility index (Phi) is 5.15. The van der Waals surface area contributed by atoms with Crippen molar-refractivity contribution in [2.75, 3.05) is 0 Å². The first-order valence-corrected chi connectivity index (χ1v) is 4.48. The summed E-state index contributed by atoms with van der Waals surface area (Å²) in [7, 11) is 0. The lowest BCUT2D eigenvalue weighted by atomic mass is 10.1. The largest absolute Gasteiger partial charge is 0.426 e. The van der Waals surface area contributed by atoms with Crippen LogP contribution in [0, 0.1) is 5.92 Å². The van der Waals surface area contributed by atoms with Crippen molar-refractivity contribution in [3.8, 4) is 0 Å². The van der Waals surface area contributed by atoms with E-state index in [1.54, 1.807) is 0 Å². The summed E-state index contributed by atoms with van der Waals surface area (Å²) in [4.78, 5) is 21.7. The maximum Gasteiger partial charge on any atom is 0.326 e. The summed E-state index contributed by atoms with van der Waals surface area (Å²) in [6.07, 6.45) is -0.884. The third-order valence-electron chi connectivity index (χ3n) is 1.60. The molecule has 0 rings (SSSR count). The van der Waals surface area contributed by atoms with Gasteiger partial charge in [-0.25, -0.2) is 0 Å². The first-order valence-electron chi connectivity index (χ1n) is 4.48. The Labute approximate surface area is 83.5 Å². The van der Waals surface area contributed by atoms with Crippen LogP contribution in [0.25, 0.3) is 0 Å². The van der Waals surface area contributed by atoms with Crippen molar-refractivity contribution in [3.05, 3.63) is 0 Å². The molecule has 14 heavy (non-hydrogen) atoms. The van der Waals surface area contributed by atoms with Crippen LogP contribution in [0.3, 0.4) is 0 Å². The first-order chi connectivity index (χ1) is 6.34. The molecule has 0 aromatic rings. The molecule has 5 heteroatoms. The van der Waals surface area contributed by atoms with Crippen LogP contribution in [0.1, 0.15) is 27.7 Å². The van der Waals surface area contributed by atoms with E-state index in [0.29, 0.717) is 0 Å². The zero-order chi connectivity index (χ0) is 11.3. The van der Waals surface area contributed by atoms with E-state index in [9.17, 15) is 9.59 Å². The van der Waals surface area contributed by atoms with E-state index in [4.69, 9.17) is 10.5 Å². The third kappa shape index (κ3) is 4.81. The Morgan fingerprint density at radius 2 is 1.64 bits per heavy atom. The number of hydrogen-bond donors (Lipinski definition) is 1. The van der Waals surface area contributed by atoms with Crippen molar-refractivity contribution in [2.24, 2.45) is 11.7 Å². The van der Waals surface area contributed by atoms with Gasteiger partial charge < -0.3 is 15.2 Å². The molecule has 0 bridgehead atoms. The molecule has 0 aromatic carbocycles. The fourth-order valence-corrected chi connectivity index (χ4v) is 0.772. The van der Waals surface area contributed by atoms with E-state index in [1.807, 2.05) is 13.8 Å². The predicted molar refractivity (Wildman–Crippen MR) is 50.1 cm³/mol.